The Morgan fingerprint density at radius 3 is 2.80 bits per heavy atom. The van der Waals surface area contributed by atoms with E-state index in [-0.39, 0.29) is 16.9 Å². The Balaban J connectivity index is 2.08. The van der Waals surface area contributed by atoms with Crippen LogP contribution in [0.3, 0.4) is 0 Å². The summed E-state index contributed by atoms with van der Waals surface area (Å²) < 4.78 is 13.8. The lowest BCUT2D eigenvalue weighted by Crippen LogP contribution is -2.19. The molecular formula is C16H12BrFN4O3. The molecule has 0 aliphatic carbocycles. The molecule has 7 nitrogen and oxygen atoms in total. The molecule has 0 radical (unpaired) electrons. The lowest BCUT2D eigenvalue weighted by molar-refractivity contribution is -0.384. The fourth-order valence-electron chi connectivity index (χ4n) is 2.54. The van der Waals surface area contributed by atoms with Crippen molar-refractivity contribution in [1.29, 1.82) is 0 Å². The van der Waals surface area contributed by atoms with E-state index in [0.29, 0.717) is 22.2 Å². The summed E-state index contributed by atoms with van der Waals surface area (Å²) in [4.78, 5) is 30.8. The van der Waals surface area contributed by atoms with Crippen molar-refractivity contribution in [3.63, 3.8) is 0 Å². The molecule has 0 saturated carbocycles. The third-order valence-corrected chi connectivity index (χ3v) is 4.51. The van der Waals surface area contributed by atoms with Crippen LogP contribution in [0.1, 0.15) is 5.56 Å². The van der Waals surface area contributed by atoms with Crippen molar-refractivity contribution in [3.8, 4) is 0 Å². The number of fused-ring (bicyclic) bond motifs is 1. The molecular weight excluding hydrogens is 395 g/mol. The molecule has 0 atom stereocenters. The number of nitro groups is 1. The molecule has 1 aromatic heterocycles. The number of aromatic nitrogens is 2. The van der Waals surface area contributed by atoms with E-state index < -0.39 is 10.5 Å². The van der Waals surface area contributed by atoms with Crippen molar-refractivity contribution in [2.24, 2.45) is 0 Å². The second-order valence-corrected chi connectivity index (χ2v) is 6.29. The van der Waals surface area contributed by atoms with E-state index in [1.165, 1.54) is 30.6 Å². The predicted octanol–water partition coefficient (Wildman–Crippen LogP) is 3.37. The van der Waals surface area contributed by atoms with Crippen LogP contribution in [-0.4, -0.2) is 21.9 Å². The van der Waals surface area contributed by atoms with E-state index in [0.717, 1.165) is 5.56 Å². The smallest absolute Gasteiger partial charge is 0.293 e. The standard InChI is InChI=1S/C16H12BrFN4O3/c1-21(7-9-2-3-10(18)4-12(9)17)14-6-13-11(5-15(14)22(24)25)16(23)20-8-19-13/h2-6,8H,7H2,1H3,(H,19,20,23). The monoisotopic (exact) mass is 406 g/mol. The van der Waals surface area contributed by atoms with Gasteiger partial charge in [0.1, 0.15) is 11.5 Å². The first kappa shape index (κ1) is 17.0. The minimum atomic E-state index is -0.544. The van der Waals surface area contributed by atoms with Crippen LogP contribution in [0.4, 0.5) is 15.8 Å². The lowest BCUT2D eigenvalue weighted by Gasteiger charge is -2.20. The normalized spacial score (nSPS) is 10.8. The van der Waals surface area contributed by atoms with Crippen LogP contribution in [0, 0.1) is 15.9 Å². The highest BCUT2D eigenvalue weighted by molar-refractivity contribution is 9.10. The quantitative estimate of drug-likeness (QED) is 0.529. The number of aromatic amines is 1. The third kappa shape index (κ3) is 3.36. The summed E-state index contributed by atoms with van der Waals surface area (Å²) in [6.07, 6.45) is 1.25. The average Bonchev–Trinajstić information content (AvgIpc) is 2.56. The number of nitrogens with one attached hydrogen (secondary N) is 1. The van der Waals surface area contributed by atoms with E-state index in [4.69, 9.17) is 0 Å². The number of nitrogens with zero attached hydrogens (tertiary/aromatic N) is 3. The molecule has 3 rings (SSSR count). The summed E-state index contributed by atoms with van der Waals surface area (Å²) in [5.74, 6) is -0.376. The van der Waals surface area contributed by atoms with E-state index in [1.54, 1.807) is 18.0 Å². The Labute approximate surface area is 149 Å². The zero-order chi connectivity index (χ0) is 18.1. The molecule has 0 spiro atoms. The maximum absolute atomic E-state index is 13.2. The first-order valence-corrected chi connectivity index (χ1v) is 7.97. The van der Waals surface area contributed by atoms with Gasteiger partial charge in [0.25, 0.3) is 11.2 Å². The van der Waals surface area contributed by atoms with Crippen molar-refractivity contribution in [2.75, 3.05) is 11.9 Å². The Morgan fingerprint density at radius 1 is 1.36 bits per heavy atom. The Bertz CT molecular complexity index is 1040. The van der Waals surface area contributed by atoms with Crippen molar-refractivity contribution in [2.45, 2.75) is 6.54 Å². The van der Waals surface area contributed by atoms with Gasteiger partial charge in [0, 0.05) is 24.1 Å². The highest BCUT2D eigenvalue weighted by Crippen LogP contribution is 2.32. The van der Waals surface area contributed by atoms with Crippen molar-refractivity contribution in [1.82, 2.24) is 9.97 Å². The van der Waals surface area contributed by atoms with E-state index in [2.05, 4.69) is 25.9 Å². The average molecular weight is 407 g/mol. The largest absolute Gasteiger partial charge is 0.365 e. The summed E-state index contributed by atoms with van der Waals surface area (Å²) in [5.41, 5.74) is 0.786. The van der Waals surface area contributed by atoms with E-state index in [9.17, 15) is 19.3 Å². The minimum absolute atomic E-state index is 0.148. The van der Waals surface area contributed by atoms with Gasteiger partial charge < -0.3 is 9.88 Å². The second kappa shape index (κ2) is 6.60. The van der Waals surface area contributed by atoms with Crippen LogP contribution in [0.2, 0.25) is 0 Å². The molecule has 0 saturated heterocycles. The van der Waals surface area contributed by atoms with E-state index in [1.807, 2.05) is 0 Å². The molecule has 128 valence electrons. The van der Waals surface area contributed by atoms with Crippen LogP contribution < -0.4 is 10.5 Å². The molecule has 0 aliphatic heterocycles. The molecule has 0 unspecified atom stereocenters. The summed E-state index contributed by atoms with van der Waals surface area (Å²) in [6.45, 7) is 0.302. The van der Waals surface area contributed by atoms with Gasteiger partial charge in [0.05, 0.1) is 22.2 Å². The van der Waals surface area contributed by atoms with Crippen LogP contribution >= 0.6 is 15.9 Å². The number of nitro benzene ring substituents is 1. The van der Waals surface area contributed by atoms with Crippen LogP contribution in [0.25, 0.3) is 10.9 Å². The first-order chi connectivity index (χ1) is 11.9. The van der Waals surface area contributed by atoms with Gasteiger partial charge in [-0.1, -0.05) is 22.0 Å². The highest BCUT2D eigenvalue weighted by atomic mass is 79.9. The van der Waals surface area contributed by atoms with Crippen molar-refractivity contribution in [3.05, 3.63) is 73.0 Å². The number of hydrogen-bond acceptors (Lipinski definition) is 5. The summed E-state index contributed by atoms with van der Waals surface area (Å²) in [7, 11) is 1.68. The Kier molecular flexibility index (Phi) is 4.49. The topological polar surface area (TPSA) is 92.1 Å². The fraction of sp³-hybridized carbons (Fsp3) is 0.125. The molecule has 3 aromatic rings. The van der Waals surface area contributed by atoms with Gasteiger partial charge in [0.15, 0.2) is 0 Å². The SMILES string of the molecule is CN(Cc1ccc(F)cc1Br)c1cc2nc[nH]c(=O)c2cc1[N+](=O)[O-]. The molecule has 0 aliphatic rings. The Morgan fingerprint density at radius 2 is 2.12 bits per heavy atom. The minimum Gasteiger partial charge on any atom is -0.365 e. The maximum atomic E-state index is 13.2. The summed E-state index contributed by atoms with van der Waals surface area (Å²) in [6, 6.07) is 6.97. The number of benzene rings is 2. The fourth-order valence-corrected chi connectivity index (χ4v) is 3.01. The van der Waals surface area contributed by atoms with Crippen molar-refractivity contribution < 1.29 is 9.31 Å². The van der Waals surface area contributed by atoms with Gasteiger partial charge in [-0.15, -0.1) is 0 Å². The van der Waals surface area contributed by atoms with Crippen molar-refractivity contribution >= 4 is 38.2 Å². The summed E-state index contributed by atoms with van der Waals surface area (Å²) in [5, 5.41) is 11.6. The van der Waals surface area contributed by atoms with E-state index >= 15 is 0 Å². The summed E-state index contributed by atoms with van der Waals surface area (Å²) >= 11 is 3.29. The molecule has 1 heterocycles. The molecule has 9 heteroatoms. The second-order valence-electron chi connectivity index (χ2n) is 5.44. The number of H-pyrrole nitrogens is 1. The van der Waals surface area contributed by atoms with Crippen LogP contribution in [0.5, 0.6) is 0 Å². The molecule has 2 aromatic carbocycles. The third-order valence-electron chi connectivity index (χ3n) is 3.77. The molecule has 0 fully saturated rings. The molecule has 25 heavy (non-hydrogen) atoms. The lowest BCUT2D eigenvalue weighted by atomic mass is 10.1. The molecule has 0 bridgehead atoms. The maximum Gasteiger partial charge on any atom is 0.293 e. The number of hydrogen-bond donors (Lipinski definition) is 1. The number of anilines is 1. The Hall–Kier alpha value is -2.81. The number of halogens is 2. The van der Waals surface area contributed by atoms with Crippen LogP contribution in [-0.2, 0) is 6.54 Å². The molecule has 0 amide bonds. The van der Waals surface area contributed by atoms with Crippen LogP contribution in [0.15, 0.2) is 45.9 Å². The van der Waals surface area contributed by atoms with Gasteiger partial charge in [-0.2, -0.15) is 0 Å². The zero-order valence-electron chi connectivity index (χ0n) is 13.0. The highest BCUT2D eigenvalue weighted by Gasteiger charge is 2.20. The van der Waals surface area contributed by atoms with Gasteiger partial charge in [-0.05, 0) is 23.8 Å². The van der Waals surface area contributed by atoms with Gasteiger partial charge in [-0.3, -0.25) is 14.9 Å². The van der Waals surface area contributed by atoms with Gasteiger partial charge in [0.2, 0.25) is 0 Å². The first-order valence-electron chi connectivity index (χ1n) is 7.17. The number of rotatable bonds is 4. The zero-order valence-corrected chi connectivity index (χ0v) is 14.6. The van der Waals surface area contributed by atoms with Gasteiger partial charge in [-0.25, -0.2) is 9.37 Å². The predicted molar refractivity (Wildman–Crippen MR) is 95.2 cm³/mol. The molecule has 1 N–H and O–H groups in total. The van der Waals surface area contributed by atoms with Gasteiger partial charge >= 0.3 is 0 Å².